The largest absolute Gasteiger partial charge is 0.480 e. The lowest BCUT2D eigenvalue weighted by molar-refractivity contribution is -0.161. The molecule has 4 N–H and O–H groups in total. The molecule has 1 saturated heterocycles. The SMILES string of the molecule is CCCCC/C=C\C/C=C\C/C=C\CC1OC1CCCC(=O)O[C@H](COC(=O)CCCCCCCCCCCCCCCCC)COP(=O)(O)OC[C@H](N)C(=O)O. The normalized spacial score (nSPS) is 17.6. The lowest BCUT2D eigenvalue weighted by Gasteiger charge is -2.20. The van der Waals surface area contributed by atoms with Crippen molar-refractivity contribution < 1.29 is 52.2 Å². The van der Waals surface area contributed by atoms with Gasteiger partial charge in [0.1, 0.15) is 12.6 Å². The van der Waals surface area contributed by atoms with Crippen molar-refractivity contribution in [3.63, 3.8) is 0 Å². The molecule has 1 aliphatic rings. The number of allylic oxidation sites excluding steroid dienone is 5. The zero-order valence-corrected chi connectivity index (χ0v) is 36.3. The molecule has 57 heavy (non-hydrogen) atoms. The van der Waals surface area contributed by atoms with E-state index in [-0.39, 0.29) is 31.7 Å². The predicted molar refractivity (Wildman–Crippen MR) is 226 cm³/mol. The molecule has 0 aromatic carbocycles. The molecule has 1 rings (SSSR count). The molecular formula is C44H78NO11P. The van der Waals surface area contributed by atoms with Crippen LogP contribution < -0.4 is 5.73 Å². The van der Waals surface area contributed by atoms with Gasteiger partial charge in [0.25, 0.3) is 0 Å². The fraction of sp³-hybridized carbons (Fsp3) is 0.795. The Balaban J connectivity index is 2.33. The Morgan fingerprint density at radius 1 is 0.649 bits per heavy atom. The van der Waals surface area contributed by atoms with Crippen molar-refractivity contribution in [2.45, 2.75) is 205 Å². The smallest absolute Gasteiger partial charge is 0.472 e. The minimum Gasteiger partial charge on any atom is -0.480 e. The minimum absolute atomic E-state index is 0.0740. The van der Waals surface area contributed by atoms with Gasteiger partial charge >= 0.3 is 25.7 Å². The van der Waals surface area contributed by atoms with Crippen LogP contribution in [0.5, 0.6) is 0 Å². The molecule has 1 aliphatic heterocycles. The Morgan fingerprint density at radius 3 is 1.75 bits per heavy atom. The number of esters is 2. The van der Waals surface area contributed by atoms with Gasteiger partial charge in [-0.3, -0.25) is 23.4 Å². The van der Waals surface area contributed by atoms with E-state index in [1.165, 1.54) is 89.9 Å². The minimum atomic E-state index is -4.74. The lowest BCUT2D eigenvalue weighted by atomic mass is 10.0. The van der Waals surface area contributed by atoms with Gasteiger partial charge in [0.05, 0.1) is 25.4 Å². The number of nitrogens with two attached hydrogens (primary N) is 1. The van der Waals surface area contributed by atoms with Crippen LogP contribution in [0.3, 0.4) is 0 Å². The van der Waals surface area contributed by atoms with Crippen molar-refractivity contribution in [1.29, 1.82) is 0 Å². The molecule has 0 saturated carbocycles. The summed E-state index contributed by atoms with van der Waals surface area (Å²) in [7, 11) is -4.74. The van der Waals surface area contributed by atoms with Crippen molar-refractivity contribution >= 4 is 25.7 Å². The fourth-order valence-corrected chi connectivity index (χ4v) is 6.99. The molecule has 330 valence electrons. The van der Waals surface area contributed by atoms with E-state index in [0.29, 0.717) is 19.3 Å². The molecule has 5 atom stereocenters. The van der Waals surface area contributed by atoms with Gasteiger partial charge in [0.2, 0.25) is 0 Å². The average Bonchev–Trinajstić information content (AvgIpc) is 3.94. The van der Waals surface area contributed by atoms with Crippen LogP contribution in [-0.2, 0) is 42.2 Å². The first-order valence-electron chi connectivity index (χ1n) is 22.1. The summed E-state index contributed by atoms with van der Waals surface area (Å²) in [5, 5.41) is 8.90. The average molecular weight is 828 g/mol. The van der Waals surface area contributed by atoms with Crippen molar-refractivity contribution in [1.82, 2.24) is 0 Å². The molecule has 12 nitrogen and oxygen atoms in total. The number of phosphoric acid groups is 1. The summed E-state index contributed by atoms with van der Waals surface area (Å²) in [6.07, 6.45) is 39.4. The first kappa shape index (κ1) is 52.7. The maximum atomic E-state index is 12.7. The summed E-state index contributed by atoms with van der Waals surface area (Å²) in [6.45, 7) is 2.71. The highest BCUT2D eigenvalue weighted by atomic mass is 31.2. The number of epoxide rings is 1. The molecule has 0 aromatic rings. The number of ether oxygens (including phenoxy) is 3. The van der Waals surface area contributed by atoms with E-state index >= 15 is 0 Å². The number of phosphoric ester groups is 1. The van der Waals surface area contributed by atoms with Gasteiger partial charge in [-0.2, -0.15) is 0 Å². The summed E-state index contributed by atoms with van der Waals surface area (Å²) in [5.74, 6) is -2.46. The Labute approximate surface area is 344 Å². The first-order chi connectivity index (χ1) is 27.6. The van der Waals surface area contributed by atoms with E-state index in [2.05, 4.69) is 54.8 Å². The topological polar surface area (TPSA) is 184 Å². The third kappa shape index (κ3) is 33.2. The van der Waals surface area contributed by atoms with Crippen LogP contribution >= 0.6 is 7.82 Å². The van der Waals surface area contributed by atoms with E-state index < -0.39 is 51.1 Å². The molecule has 0 radical (unpaired) electrons. The molecule has 0 aromatic heterocycles. The number of carbonyl (C=O) groups is 3. The van der Waals surface area contributed by atoms with Crippen LogP contribution in [-0.4, -0.2) is 72.1 Å². The number of aliphatic carboxylic acids is 1. The van der Waals surface area contributed by atoms with Crippen molar-refractivity contribution in [3.05, 3.63) is 36.5 Å². The molecule has 0 aliphatic carbocycles. The first-order valence-corrected chi connectivity index (χ1v) is 23.6. The zero-order chi connectivity index (χ0) is 41.8. The van der Waals surface area contributed by atoms with E-state index in [4.69, 9.17) is 29.6 Å². The van der Waals surface area contributed by atoms with Crippen LogP contribution in [0, 0.1) is 0 Å². The van der Waals surface area contributed by atoms with Crippen LogP contribution in [0.15, 0.2) is 36.5 Å². The van der Waals surface area contributed by atoms with E-state index in [0.717, 1.165) is 44.9 Å². The number of unbranched alkanes of at least 4 members (excludes halogenated alkanes) is 17. The standard InChI is InChI=1S/C44H78NO11P/c1-3-5-7-9-11-13-15-17-18-19-21-23-25-27-29-33-42(46)52-35-38(36-53-57(50,51)54-37-39(45)44(48)49)55-43(47)34-30-32-41-40(56-41)31-28-26-24-22-20-16-14-12-10-8-6-4-2/h12,14,20,22,26,28,38-41H,3-11,13,15-19,21,23-25,27,29-37,45H2,1-2H3,(H,48,49)(H,50,51)/b14-12-,22-20-,28-26-/t38-,39+,40?,41?/m1/s1. The third-order valence-electron chi connectivity index (χ3n) is 9.82. The Hall–Kier alpha value is -2.34. The summed E-state index contributed by atoms with van der Waals surface area (Å²) < 4.78 is 38.5. The molecule has 0 amide bonds. The summed E-state index contributed by atoms with van der Waals surface area (Å²) >= 11 is 0. The highest BCUT2D eigenvalue weighted by molar-refractivity contribution is 7.47. The van der Waals surface area contributed by atoms with Gasteiger partial charge in [-0.25, -0.2) is 4.57 Å². The Morgan fingerprint density at radius 2 is 1.16 bits per heavy atom. The van der Waals surface area contributed by atoms with Gasteiger partial charge in [-0.05, 0) is 51.4 Å². The van der Waals surface area contributed by atoms with Gasteiger partial charge in [0, 0.05) is 12.8 Å². The maximum Gasteiger partial charge on any atom is 0.472 e. The van der Waals surface area contributed by atoms with Crippen LogP contribution in [0.1, 0.15) is 181 Å². The summed E-state index contributed by atoms with van der Waals surface area (Å²) in [4.78, 5) is 46.1. The number of carboxylic acids is 1. The maximum absolute atomic E-state index is 12.7. The van der Waals surface area contributed by atoms with Gasteiger partial charge < -0.3 is 29.9 Å². The second-order valence-corrected chi connectivity index (χ2v) is 16.7. The third-order valence-corrected chi connectivity index (χ3v) is 10.8. The number of hydrogen-bond acceptors (Lipinski definition) is 10. The molecule has 3 unspecified atom stereocenters. The molecule has 1 heterocycles. The summed E-state index contributed by atoms with van der Waals surface area (Å²) in [5.41, 5.74) is 5.33. The molecule has 13 heteroatoms. The summed E-state index contributed by atoms with van der Waals surface area (Å²) in [6, 6.07) is -1.53. The molecule has 0 bridgehead atoms. The highest BCUT2D eigenvalue weighted by Gasteiger charge is 2.37. The van der Waals surface area contributed by atoms with Gasteiger partial charge in [0.15, 0.2) is 6.10 Å². The van der Waals surface area contributed by atoms with Crippen molar-refractivity contribution in [2.75, 3.05) is 19.8 Å². The number of carbonyl (C=O) groups excluding carboxylic acids is 2. The van der Waals surface area contributed by atoms with Crippen LogP contribution in [0.2, 0.25) is 0 Å². The second-order valence-electron chi connectivity index (χ2n) is 15.2. The Kier molecular flexibility index (Phi) is 32.9. The zero-order valence-electron chi connectivity index (χ0n) is 35.4. The van der Waals surface area contributed by atoms with Gasteiger partial charge in [-0.15, -0.1) is 0 Å². The predicted octanol–water partition coefficient (Wildman–Crippen LogP) is 10.6. The highest BCUT2D eigenvalue weighted by Crippen LogP contribution is 2.43. The molecule has 0 spiro atoms. The quantitative estimate of drug-likeness (QED) is 0.0175. The second kappa shape index (κ2) is 35.6. The number of rotatable bonds is 40. The monoisotopic (exact) mass is 828 g/mol. The van der Waals surface area contributed by atoms with E-state index in [9.17, 15) is 23.8 Å². The van der Waals surface area contributed by atoms with Gasteiger partial charge in [-0.1, -0.05) is 153 Å². The van der Waals surface area contributed by atoms with E-state index in [1.54, 1.807) is 0 Å². The lowest BCUT2D eigenvalue weighted by Crippen LogP contribution is -2.34. The Bertz CT molecular complexity index is 1180. The van der Waals surface area contributed by atoms with Crippen molar-refractivity contribution in [2.24, 2.45) is 5.73 Å². The number of hydrogen-bond donors (Lipinski definition) is 3. The van der Waals surface area contributed by atoms with Crippen LogP contribution in [0.25, 0.3) is 0 Å². The van der Waals surface area contributed by atoms with Crippen molar-refractivity contribution in [3.8, 4) is 0 Å². The van der Waals surface area contributed by atoms with E-state index in [1.807, 2.05) is 0 Å². The fourth-order valence-electron chi connectivity index (χ4n) is 6.21. The molecule has 1 fully saturated rings. The van der Waals surface area contributed by atoms with Crippen LogP contribution in [0.4, 0.5) is 0 Å². The number of carboxylic acid groups (broad SMARTS) is 1. The molecular weight excluding hydrogens is 749 g/mol.